The Morgan fingerprint density at radius 1 is 1.00 bits per heavy atom. The molecule has 0 radical (unpaired) electrons. The molecule has 0 aliphatic heterocycles. The predicted molar refractivity (Wildman–Crippen MR) is 74.5 cm³/mol. The minimum absolute atomic E-state index is 0. The van der Waals surface area contributed by atoms with Crippen molar-refractivity contribution in [2.24, 2.45) is 0 Å². The van der Waals surface area contributed by atoms with E-state index in [0.29, 0.717) is 0 Å². The van der Waals surface area contributed by atoms with E-state index in [-0.39, 0.29) is 24.0 Å². The monoisotopic (exact) mass is 374 g/mol. The third kappa shape index (κ3) is 4.33. The highest BCUT2D eigenvalue weighted by Crippen LogP contribution is 2.27. The Kier molecular flexibility index (Phi) is 5.75. The van der Waals surface area contributed by atoms with E-state index in [1.165, 1.54) is 10.6 Å². The Labute approximate surface area is 131 Å². The van der Waals surface area contributed by atoms with Crippen LogP contribution in [0.4, 0.5) is 0 Å². The van der Waals surface area contributed by atoms with E-state index >= 15 is 0 Å². The Hall–Kier alpha value is -0.460. The predicted octanol–water partition coefficient (Wildman–Crippen LogP) is 0.237. The van der Waals surface area contributed by atoms with Gasteiger partial charge in [-0.2, -0.15) is 0 Å². The third-order valence-corrected chi connectivity index (χ3v) is 3.92. The summed E-state index contributed by atoms with van der Waals surface area (Å²) in [6.45, 7) is 0. The molecule has 0 saturated heterocycles. The van der Waals surface area contributed by atoms with Gasteiger partial charge in [0.15, 0.2) is 0 Å². The molecule has 2 nitrogen and oxygen atoms in total. The molecule has 4 heteroatoms. The van der Waals surface area contributed by atoms with Crippen molar-refractivity contribution in [3.05, 3.63) is 48.8 Å². The fraction of sp³-hybridized carbons (Fsp3) is 0.286. The van der Waals surface area contributed by atoms with Gasteiger partial charge in [0.25, 0.3) is 0 Å². The van der Waals surface area contributed by atoms with Crippen molar-refractivity contribution in [1.29, 1.82) is 0 Å². The van der Waals surface area contributed by atoms with Gasteiger partial charge < -0.3 is 33.0 Å². The summed E-state index contributed by atoms with van der Waals surface area (Å²) in [5.74, 6) is 1.07. The quantitative estimate of drug-likeness (QED) is 0.321. The van der Waals surface area contributed by atoms with Crippen molar-refractivity contribution in [2.45, 2.75) is 4.90 Å². The molecule has 0 aliphatic carbocycles. The Morgan fingerprint density at radius 2 is 1.61 bits per heavy atom. The van der Waals surface area contributed by atoms with Gasteiger partial charge in [0.05, 0.1) is 26.8 Å². The SMILES string of the molecule is C[N+](C)(C)CSc1ccccc1-n1cccc1.[I-]. The molecule has 1 aromatic carbocycles. The maximum absolute atomic E-state index is 2.21. The average molecular weight is 374 g/mol. The number of rotatable bonds is 4. The first kappa shape index (κ1) is 15.6. The fourth-order valence-corrected chi connectivity index (χ4v) is 2.57. The van der Waals surface area contributed by atoms with Gasteiger partial charge in [-0.25, -0.2) is 0 Å². The summed E-state index contributed by atoms with van der Waals surface area (Å²) in [5.41, 5.74) is 1.26. The van der Waals surface area contributed by atoms with Crippen LogP contribution in [0.3, 0.4) is 0 Å². The molecule has 0 N–H and O–H groups in total. The number of halogens is 1. The first-order valence-corrected chi connectivity index (χ1v) is 6.70. The highest BCUT2D eigenvalue weighted by Gasteiger charge is 2.10. The Balaban J connectivity index is 0.00000162. The number of quaternary nitrogens is 1. The van der Waals surface area contributed by atoms with Gasteiger partial charge in [-0.15, -0.1) is 0 Å². The summed E-state index contributed by atoms with van der Waals surface area (Å²) in [5, 5.41) is 0. The molecule has 0 spiro atoms. The Bertz CT molecular complexity index is 475. The lowest BCUT2D eigenvalue weighted by atomic mass is 10.3. The summed E-state index contributed by atoms with van der Waals surface area (Å²) in [4.78, 5) is 1.33. The molecule has 1 heterocycles. The Morgan fingerprint density at radius 3 is 2.22 bits per heavy atom. The second-order valence-corrected chi connectivity index (χ2v) is 6.11. The molecular weight excluding hydrogens is 355 g/mol. The molecular formula is C14H19IN2S. The van der Waals surface area contributed by atoms with Crippen LogP contribution in [0.25, 0.3) is 5.69 Å². The number of thioether (sulfide) groups is 1. The highest BCUT2D eigenvalue weighted by atomic mass is 127. The van der Waals surface area contributed by atoms with Crippen LogP contribution in [0.2, 0.25) is 0 Å². The van der Waals surface area contributed by atoms with Crippen LogP contribution in [-0.2, 0) is 0 Å². The smallest absolute Gasteiger partial charge is 0.129 e. The van der Waals surface area contributed by atoms with Crippen LogP contribution in [0.5, 0.6) is 0 Å². The molecule has 0 aliphatic rings. The zero-order valence-electron chi connectivity index (χ0n) is 11.0. The fourth-order valence-electron chi connectivity index (χ4n) is 1.55. The van der Waals surface area contributed by atoms with E-state index in [4.69, 9.17) is 0 Å². The van der Waals surface area contributed by atoms with Gasteiger partial charge in [-0.1, -0.05) is 23.9 Å². The molecule has 1 aromatic heterocycles. The second kappa shape index (κ2) is 6.63. The van der Waals surface area contributed by atoms with Crippen LogP contribution in [0.1, 0.15) is 0 Å². The first-order valence-electron chi connectivity index (χ1n) is 5.72. The summed E-state index contributed by atoms with van der Waals surface area (Å²) < 4.78 is 3.13. The summed E-state index contributed by atoms with van der Waals surface area (Å²) in [7, 11) is 6.64. The highest BCUT2D eigenvalue weighted by molar-refractivity contribution is 7.99. The molecule has 2 rings (SSSR count). The largest absolute Gasteiger partial charge is 1.00 e. The zero-order chi connectivity index (χ0) is 12.3. The van der Waals surface area contributed by atoms with Crippen LogP contribution in [-0.4, -0.2) is 36.1 Å². The second-order valence-electron chi connectivity index (χ2n) is 5.12. The van der Waals surface area contributed by atoms with E-state index in [1.54, 1.807) is 0 Å². The van der Waals surface area contributed by atoms with E-state index in [0.717, 1.165) is 10.4 Å². The zero-order valence-corrected chi connectivity index (χ0v) is 14.0. The lowest BCUT2D eigenvalue weighted by Gasteiger charge is -2.23. The van der Waals surface area contributed by atoms with Crippen LogP contribution < -0.4 is 24.0 Å². The minimum Gasteiger partial charge on any atom is -1.00 e. The van der Waals surface area contributed by atoms with Crippen molar-refractivity contribution in [3.63, 3.8) is 0 Å². The van der Waals surface area contributed by atoms with E-state index in [2.05, 4.69) is 74.5 Å². The molecule has 0 atom stereocenters. The lowest BCUT2D eigenvalue weighted by molar-refractivity contribution is -0.857. The van der Waals surface area contributed by atoms with Crippen molar-refractivity contribution in [3.8, 4) is 5.69 Å². The molecule has 0 saturated carbocycles. The van der Waals surface area contributed by atoms with Crippen molar-refractivity contribution in [1.82, 2.24) is 4.57 Å². The van der Waals surface area contributed by atoms with Gasteiger partial charge in [0, 0.05) is 17.3 Å². The molecule has 18 heavy (non-hydrogen) atoms. The van der Waals surface area contributed by atoms with Crippen molar-refractivity contribution < 1.29 is 28.5 Å². The van der Waals surface area contributed by atoms with Crippen molar-refractivity contribution >= 4 is 11.8 Å². The third-order valence-electron chi connectivity index (χ3n) is 2.36. The van der Waals surface area contributed by atoms with Gasteiger partial charge in [-0.05, 0) is 24.3 Å². The number of nitrogens with zero attached hydrogens (tertiary/aromatic N) is 2. The van der Waals surface area contributed by atoms with Gasteiger partial charge >= 0.3 is 0 Å². The molecule has 2 aromatic rings. The molecule has 0 amide bonds. The average Bonchev–Trinajstić information content (AvgIpc) is 2.79. The first-order chi connectivity index (χ1) is 8.06. The number of hydrogen-bond acceptors (Lipinski definition) is 1. The lowest BCUT2D eigenvalue weighted by Crippen LogP contribution is -3.00. The molecule has 0 fully saturated rings. The number of para-hydroxylation sites is 1. The van der Waals surface area contributed by atoms with Crippen LogP contribution in [0, 0.1) is 0 Å². The van der Waals surface area contributed by atoms with Gasteiger partial charge in [0.1, 0.15) is 5.88 Å². The van der Waals surface area contributed by atoms with E-state index in [9.17, 15) is 0 Å². The van der Waals surface area contributed by atoms with Gasteiger partial charge in [0.2, 0.25) is 0 Å². The summed E-state index contributed by atoms with van der Waals surface area (Å²) in [6, 6.07) is 12.7. The summed E-state index contributed by atoms with van der Waals surface area (Å²) >= 11 is 1.90. The van der Waals surface area contributed by atoms with Gasteiger partial charge in [-0.3, -0.25) is 0 Å². The molecule has 98 valence electrons. The van der Waals surface area contributed by atoms with Crippen LogP contribution >= 0.6 is 11.8 Å². The maximum Gasteiger partial charge on any atom is 0.129 e. The number of benzene rings is 1. The van der Waals surface area contributed by atoms with E-state index < -0.39 is 0 Å². The number of aromatic nitrogens is 1. The minimum atomic E-state index is 0. The molecule has 0 bridgehead atoms. The number of hydrogen-bond donors (Lipinski definition) is 0. The molecule has 0 unspecified atom stereocenters. The van der Waals surface area contributed by atoms with Crippen LogP contribution in [0.15, 0.2) is 53.7 Å². The van der Waals surface area contributed by atoms with E-state index in [1.807, 2.05) is 11.8 Å². The maximum atomic E-state index is 2.21. The van der Waals surface area contributed by atoms with Crippen molar-refractivity contribution in [2.75, 3.05) is 27.0 Å². The normalized spacial score (nSPS) is 11.1. The summed E-state index contributed by atoms with van der Waals surface area (Å²) in [6.07, 6.45) is 4.18. The standard InChI is InChI=1S/C14H19N2S.HI/c1-16(2,3)12-17-14-9-5-4-8-13(14)15-10-6-7-11-15;/h4-11H,12H2,1-3H3;1H/q+1;/p-1. The topological polar surface area (TPSA) is 4.93 Å².